The zero-order valence-corrected chi connectivity index (χ0v) is 27.3. The second-order valence-corrected chi connectivity index (χ2v) is 13.8. The van der Waals surface area contributed by atoms with Crippen LogP contribution in [0.4, 0.5) is 5.69 Å². The fourth-order valence-electron chi connectivity index (χ4n) is 7.87. The number of allylic oxidation sites excluding steroid dienone is 2. The van der Waals surface area contributed by atoms with Crippen molar-refractivity contribution in [3.05, 3.63) is 71.5 Å². The number of hydrogen-bond donors (Lipinski definition) is 3. The zero-order chi connectivity index (χ0) is 32.5. The van der Waals surface area contributed by atoms with Gasteiger partial charge in [-0.2, -0.15) is 0 Å². The van der Waals surface area contributed by atoms with Gasteiger partial charge in [0.05, 0.1) is 37.5 Å². The Bertz CT molecular complexity index is 1380. The number of carbonyl (C=O) groups is 2. The fraction of sp³-hybridized carbons (Fsp3) is 0.556. The third-order valence-corrected chi connectivity index (χ3v) is 10.8. The second-order valence-electron chi connectivity index (χ2n) is 13.8. The summed E-state index contributed by atoms with van der Waals surface area (Å²) in [4.78, 5) is 30.1. The first-order valence-corrected chi connectivity index (χ1v) is 16.1. The number of ether oxygens (including phenoxy) is 2. The van der Waals surface area contributed by atoms with Crippen molar-refractivity contribution in [3.8, 4) is 0 Å². The third-order valence-electron chi connectivity index (χ3n) is 10.8. The van der Waals surface area contributed by atoms with Crippen LogP contribution in [0.1, 0.15) is 45.6 Å². The molecule has 3 N–H and O–H groups in total. The Balaban J connectivity index is 1.41. The Hall–Kier alpha value is -3.24. The van der Waals surface area contributed by atoms with Gasteiger partial charge in [0, 0.05) is 50.2 Å². The van der Waals surface area contributed by atoms with Crippen LogP contribution in [-0.4, -0.2) is 92.2 Å². The Morgan fingerprint density at radius 3 is 2.56 bits per heavy atom. The van der Waals surface area contributed by atoms with Crippen molar-refractivity contribution in [2.24, 2.45) is 22.7 Å². The summed E-state index contributed by atoms with van der Waals surface area (Å²) in [5, 5.41) is 25.3. The number of aliphatic hydroxyl groups is 2. The van der Waals surface area contributed by atoms with Crippen molar-refractivity contribution < 1.29 is 29.3 Å². The van der Waals surface area contributed by atoms with Gasteiger partial charge in [-0.1, -0.05) is 50.3 Å². The summed E-state index contributed by atoms with van der Waals surface area (Å²) in [7, 11) is 3.97. The van der Waals surface area contributed by atoms with Gasteiger partial charge in [-0.25, -0.2) is 4.79 Å². The first-order valence-electron chi connectivity index (χ1n) is 16.1. The Morgan fingerprint density at radius 1 is 1.22 bits per heavy atom. The monoisotopic (exact) mass is 619 g/mol. The lowest BCUT2D eigenvalue weighted by atomic mass is 9.45. The van der Waals surface area contributed by atoms with Gasteiger partial charge in [-0.05, 0) is 67.4 Å². The maximum atomic E-state index is 13.3. The van der Waals surface area contributed by atoms with Gasteiger partial charge in [-0.15, -0.1) is 0 Å². The highest BCUT2D eigenvalue weighted by Crippen LogP contribution is 2.61. The minimum atomic E-state index is -0.721. The molecular formula is C36H49N3O6. The molecule has 4 unspecified atom stereocenters. The molecule has 9 heteroatoms. The van der Waals surface area contributed by atoms with E-state index < -0.39 is 23.5 Å². The molecule has 0 spiro atoms. The van der Waals surface area contributed by atoms with Gasteiger partial charge in [0.25, 0.3) is 0 Å². The van der Waals surface area contributed by atoms with E-state index in [2.05, 4.69) is 18.8 Å². The van der Waals surface area contributed by atoms with E-state index >= 15 is 0 Å². The van der Waals surface area contributed by atoms with Crippen molar-refractivity contribution in [3.63, 3.8) is 0 Å². The Morgan fingerprint density at radius 2 is 1.91 bits per heavy atom. The number of esters is 1. The van der Waals surface area contributed by atoms with Crippen LogP contribution in [0.3, 0.4) is 0 Å². The Labute approximate surface area is 267 Å². The van der Waals surface area contributed by atoms with E-state index in [9.17, 15) is 19.8 Å². The number of amides is 1. The molecule has 0 aromatic heterocycles. The fourth-order valence-corrected chi connectivity index (χ4v) is 7.87. The van der Waals surface area contributed by atoms with Gasteiger partial charge in [0.1, 0.15) is 5.76 Å². The van der Waals surface area contributed by atoms with Crippen LogP contribution in [0, 0.1) is 22.7 Å². The average Bonchev–Trinajstić information content (AvgIpc) is 3.38. The lowest BCUT2D eigenvalue weighted by Crippen LogP contribution is -2.62. The number of morpholine rings is 1. The summed E-state index contributed by atoms with van der Waals surface area (Å²) in [6.45, 7) is 12.7. The van der Waals surface area contributed by atoms with Crippen molar-refractivity contribution in [2.45, 2.75) is 58.2 Å². The molecule has 0 bridgehead atoms. The van der Waals surface area contributed by atoms with E-state index in [0.29, 0.717) is 50.5 Å². The molecule has 5 rings (SSSR count). The predicted octanol–water partition coefficient (Wildman–Crippen LogP) is 3.69. The van der Waals surface area contributed by atoms with Crippen LogP contribution in [0.25, 0.3) is 6.08 Å². The minimum Gasteiger partial charge on any atom is -0.423 e. The number of fused-ring (bicyclic) bond motifs is 1. The van der Waals surface area contributed by atoms with Gasteiger partial charge in [0.15, 0.2) is 0 Å². The maximum absolute atomic E-state index is 13.3. The normalized spacial score (nSPS) is 33.6. The van der Waals surface area contributed by atoms with Crippen LogP contribution >= 0.6 is 0 Å². The van der Waals surface area contributed by atoms with Gasteiger partial charge >= 0.3 is 5.97 Å². The van der Waals surface area contributed by atoms with Crippen molar-refractivity contribution >= 4 is 23.6 Å². The van der Waals surface area contributed by atoms with E-state index in [1.54, 1.807) is 6.08 Å². The van der Waals surface area contributed by atoms with Gasteiger partial charge < -0.3 is 29.5 Å². The van der Waals surface area contributed by atoms with Crippen LogP contribution in [0.5, 0.6) is 0 Å². The molecule has 2 aliphatic heterocycles. The smallest absolute Gasteiger partial charge is 0.343 e. The quantitative estimate of drug-likeness (QED) is 0.299. The van der Waals surface area contributed by atoms with E-state index in [1.165, 1.54) is 0 Å². The second kappa shape index (κ2) is 13.2. The number of anilines is 1. The average molecular weight is 620 g/mol. The molecule has 9 nitrogen and oxygen atoms in total. The first-order chi connectivity index (χ1) is 21.4. The molecule has 7 atom stereocenters. The maximum Gasteiger partial charge on any atom is 0.343 e. The summed E-state index contributed by atoms with van der Waals surface area (Å²) in [6, 6.07) is 7.33. The van der Waals surface area contributed by atoms with Crippen LogP contribution < -0.4 is 10.2 Å². The molecule has 4 aliphatic rings. The summed E-state index contributed by atoms with van der Waals surface area (Å²) >= 11 is 0. The molecule has 1 amide bonds. The molecule has 1 saturated heterocycles. The predicted molar refractivity (Wildman–Crippen MR) is 175 cm³/mol. The van der Waals surface area contributed by atoms with Crippen LogP contribution in [0.2, 0.25) is 0 Å². The van der Waals surface area contributed by atoms with Gasteiger partial charge in [0.2, 0.25) is 5.91 Å². The molecule has 2 heterocycles. The summed E-state index contributed by atoms with van der Waals surface area (Å²) in [5.74, 6) is -0.142. The van der Waals surface area contributed by atoms with Crippen LogP contribution in [0.15, 0.2) is 66.0 Å². The van der Waals surface area contributed by atoms with Crippen molar-refractivity contribution in [2.75, 3.05) is 51.9 Å². The molecule has 0 radical (unpaired) electrons. The number of cyclic esters (lactones) is 1. The number of carbonyl (C=O) groups excluding carboxylic acids is 2. The molecule has 2 aliphatic carbocycles. The van der Waals surface area contributed by atoms with E-state index in [0.717, 1.165) is 23.2 Å². The van der Waals surface area contributed by atoms with Crippen LogP contribution in [-0.2, 0) is 19.1 Å². The highest BCUT2D eigenvalue weighted by atomic mass is 16.5. The third kappa shape index (κ3) is 6.54. The van der Waals surface area contributed by atoms with E-state index in [1.807, 2.05) is 80.2 Å². The number of rotatable bonds is 8. The lowest BCUT2D eigenvalue weighted by molar-refractivity contribution is -0.150. The standard InChI is InChI=1S/C36H49N3O6/c1-23-29(12-9-26-20-28(45-34(26)43)19-25-7-10-27(11-8-25)38(5)6)35(3)14-13-32(41)36(4,22-40)31(35)21-30(23)37-24(2)33(42)39-15-17-44-18-16-39/h7-12,19-20,24,29-32,37,40-41H,1,13-18,21-22H2,2-6H3/t24?,29?,30?,31?,32-,35-,36+/m1/s1. The van der Waals surface area contributed by atoms with Gasteiger partial charge in [-0.3, -0.25) is 10.1 Å². The highest BCUT2D eigenvalue weighted by Gasteiger charge is 2.59. The van der Waals surface area contributed by atoms with E-state index in [4.69, 9.17) is 9.47 Å². The first kappa shape index (κ1) is 33.1. The molecule has 45 heavy (non-hydrogen) atoms. The molecular weight excluding hydrogens is 570 g/mol. The van der Waals surface area contributed by atoms with E-state index in [-0.39, 0.29) is 35.8 Å². The SMILES string of the molecule is C=C1C(NC(C)C(=O)N2CCOCC2)CC2[C@](C)(CC[C@@H](O)[C@@]2(C)CO)C1C=CC1=CC(=Cc2ccc(N(C)C)cc2)OC1=O. The number of benzene rings is 1. The highest BCUT2D eigenvalue weighted by molar-refractivity contribution is 5.96. The molecule has 244 valence electrons. The Kier molecular flexibility index (Phi) is 9.75. The molecule has 1 aromatic carbocycles. The number of nitrogens with zero attached hydrogens (tertiary/aromatic N) is 2. The zero-order valence-electron chi connectivity index (χ0n) is 27.3. The largest absolute Gasteiger partial charge is 0.423 e. The summed E-state index contributed by atoms with van der Waals surface area (Å²) < 4.78 is 11.0. The number of nitrogens with one attached hydrogen (secondary N) is 1. The topological polar surface area (TPSA) is 112 Å². The molecule has 1 aromatic rings. The summed E-state index contributed by atoms with van der Waals surface area (Å²) in [5.41, 5.74) is 2.35. The lowest BCUT2D eigenvalue weighted by Gasteiger charge is -2.61. The number of aliphatic hydroxyl groups excluding tert-OH is 2. The molecule has 2 saturated carbocycles. The van der Waals surface area contributed by atoms with Crippen molar-refractivity contribution in [1.29, 1.82) is 0 Å². The summed E-state index contributed by atoms with van der Waals surface area (Å²) in [6.07, 6.45) is 8.76. The molecule has 3 fully saturated rings. The minimum absolute atomic E-state index is 0.0228. The number of hydrogen-bond acceptors (Lipinski definition) is 8. The van der Waals surface area contributed by atoms with Crippen molar-refractivity contribution in [1.82, 2.24) is 10.2 Å².